The van der Waals surface area contributed by atoms with E-state index in [4.69, 9.17) is 5.11 Å². The molecule has 0 aliphatic rings. The third kappa shape index (κ3) is 3.57. The molecule has 0 spiro atoms. The van der Waals surface area contributed by atoms with Gasteiger partial charge in [-0.2, -0.15) is 0 Å². The Morgan fingerprint density at radius 3 is 2.54 bits per heavy atom. The summed E-state index contributed by atoms with van der Waals surface area (Å²) in [4.78, 5) is 0. The summed E-state index contributed by atoms with van der Waals surface area (Å²) in [6, 6.07) is 10.4. The van der Waals surface area contributed by atoms with Gasteiger partial charge in [-0.05, 0) is 12.0 Å². The Morgan fingerprint density at radius 2 is 2.00 bits per heavy atom. The second-order valence-electron chi connectivity index (χ2n) is 3.15. The van der Waals surface area contributed by atoms with E-state index in [1.165, 1.54) is 5.56 Å². The van der Waals surface area contributed by atoms with Gasteiger partial charge < -0.3 is 10.4 Å². The van der Waals surface area contributed by atoms with Gasteiger partial charge in [0.15, 0.2) is 0 Å². The zero-order valence-corrected chi connectivity index (χ0v) is 8.03. The van der Waals surface area contributed by atoms with Gasteiger partial charge in [-0.15, -0.1) is 0 Å². The molecule has 1 aromatic carbocycles. The van der Waals surface area contributed by atoms with E-state index in [1.54, 1.807) is 0 Å². The zero-order chi connectivity index (χ0) is 9.52. The van der Waals surface area contributed by atoms with E-state index in [9.17, 15) is 0 Å². The van der Waals surface area contributed by atoms with Crippen LogP contribution in [0.4, 0.5) is 0 Å². The van der Waals surface area contributed by atoms with Crippen molar-refractivity contribution in [3.05, 3.63) is 35.9 Å². The van der Waals surface area contributed by atoms with E-state index < -0.39 is 0 Å². The third-order valence-electron chi connectivity index (χ3n) is 2.15. The smallest absolute Gasteiger partial charge is 0.0584 e. The van der Waals surface area contributed by atoms with Crippen LogP contribution in [0.2, 0.25) is 0 Å². The molecule has 0 saturated carbocycles. The molecule has 0 aliphatic carbocycles. The molecule has 0 radical (unpaired) electrons. The minimum atomic E-state index is 0.212. The lowest BCUT2D eigenvalue weighted by atomic mass is 10.2. The van der Waals surface area contributed by atoms with Crippen molar-refractivity contribution >= 4 is 0 Å². The molecular weight excluding hydrogens is 162 g/mol. The highest BCUT2D eigenvalue weighted by Gasteiger charge is 2.01. The monoisotopic (exact) mass is 179 g/mol. The first-order valence-corrected chi connectivity index (χ1v) is 4.75. The third-order valence-corrected chi connectivity index (χ3v) is 2.15. The minimum absolute atomic E-state index is 0.212. The van der Waals surface area contributed by atoms with Crippen molar-refractivity contribution in [1.82, 2.24) is 5.32 Å². The number of rotatable bonds is 5. The summed E-state index contributed by atoms with van der Waals surface area (Å²) >= 11 is 0. The Kier molecular flexibility index (Phi) is 4.50. The molecule has 0 bridgehead atoms. The van der Waals surface area contributed by atoms with Crippen LogP contribution < -0.4 is 5.32 Å². The number of hydrogen-bond acceptors (Lipinski definition) is 2. The molecule has 0 amide bonds. The van der Waals surface area contributed by atoms with Gasteiger partial charge in [-0.1, -0.05) is 37.3 Å². The van der Waals surface area contributed by atoms with E-state index in [-0.39, 0.29) is 12.6 Å². The fourth-order valence-corrected chi connectivity index (χ4v) is 1.20. The van der Waals surface area contributed by atoms with Crippen LogP contribution in [0.15, 0.2) is 30.3 Å². The largest absolute Gasteiger partial charge is 0.395 e. The molecule has 13 heavy (non-hydrogen) atoms. The van der Waals surface area contributed by atoms with Crippen molar-refractivity contribution in [2.75, 3.05) is 6.61 Å². The van der Waals surface area contributed by atoms with Gasteiger partial charge >= 0.3 is 0 Å². The first kappa shape index (κ1) is 10.2. The molecule has 72 valence electrons. The van der Waals surface area contributed by atoms with Crippen LogP contribution in [0, 0.1) is 0 Å². The molecule has 0 saturated heterocycles. The van der Waals surface area contributed by atoms with Crippen LogP contribution in [0.3, 0.4) is 0 Å². The summed E-state index contributed by atoms with van der Waals surface area (Å²) < 4.78 is 0. The number of hydrogen-bond donors (Lipinski definition) is 2. The molecule has 0 aromatic heterocycles. The predicted molar refractivity (Wildman–Crippen MR) is 54.4 cm³/mol. The van der Waals surface area contributed by atoms with Gasteiger partial charge in [-0.25, -0.2) is 0 Å². The number of benzene rings is 1. The van der Waals surface area contributed by atoms with Crippen LogP contribution >= 0.6 is 0 Å². The molecule has 1 atom stereocenters. The van der Waals surface area contributed by atoms with Crippen LogP contribution in [0.1, 0.15) is 18.9 Å². The van der Waals surface area contributed by atoms with E-state index in [0.717, 1.165) is 13.0 Å². The number of aliphatic hydroxyl groups is 1. The fourth-order valence-electron chi connectivity index (χ4n) is 1.20. The summed E-state index contributed by atoms with van der Waals surface area (Å²) in [6.07, 6.45) is 0.962. The van der Waals surface area contributed by atoms with Crippen LogP contribution in [0.5, 0.6) is 0 Å². The second-order valence-corrected chi connectivity index (χ2v) is 3.15. The van der Waals surface area contributed by atoms with Gasteiger partial charge in [0.2, 0.25) is 0 Å². The molecule has 1 unspecified atom stereocenters. The fraction of sp³-hybridized carbons (Fsp3) is 0.455. The van der Waals surface area contributed by atoms with Crippen molar-refractivity contribution < 1.29 is 5.11 Å². The van der Waals surface area contributed by atoms with E-state index >= 15 is 0 Å². The highest BCUT2D eigenvalue weighted by Crippen LogP contribution is 1.99. The topological polar surface area (TPSA) is 32.3 Å². The first-order valence-electron chi connectivity index (χ1n) is 4.75. The van der Waals surface area contributed by atoms with Crippen molar-refractivity contribution in [2.45, 2.75) is 25.9 Å². The van der Waals surface area contributed by atoms with Crippen molar-refractivity contribution in [1.29, 1.82) is 0 Å². The van der Waals surface area contributed by atoms with Gasteiger partial charge in [-0.3, -0.25) is 0 Å². The lowest BCUT2D eigenvalue weighted by molar-refractivity contribution is 0.238. The minimum Gasteiger partial charge on any atom is -0.395 e. The van der Waals surface area contributed by atoms with E-state index in [1.807, 2.05) is 18.2 Å². The van der Waals surface area contributed by atoms with Gasteiger partial charge in [0.25, 0.3) is 0 Å². The molecule has 0 fully saturated rings. The van der Waals surface area contributed by atoms with Crippen LogP contribution in [-0.2, 0) is 6.54 Å². The van der Waals surface area contributed by atoms with Crippen molar-refractivity contribution in [2.24, 2.45) is 0 Å². The average Bonchev–Trinajstić information content (AvgIpc) is 2.21. The van der Waals surface area contributed by atoms with E-state index in [0.29, 0.717) is 0 Å². The van der Waals surface area contributed by atoms with Crippen LogP contribution in [-0.4, -0.2) is 17.8 Å². The zero-order valence-electron chi connectivity index (χ0n) is 8.03. The summed E-state index contributed by atoms with van der Waals surface area (Å²) in [6.45, 7) is 3.11. The molecule has 1 rings (SSSR count). The SMILES string of the molecule is CCC(CO)NCc1ccccc1. The van der Waals surface area contributed by atoms with Gasteiger partial charge in [0, 0.05) is 12.6 Å². The highest BCUT2D eigenvalue weighted by atomic mass is 16.3. The first-order chi connectivity index (χ1) is 6.36. The maximum atomic E-state index is 8.94. The standard InChI is InChI=1S/C11H17NO/c1-2-11(9-13)12-8-10-6-4-3-5-7-10/h3-7,11-13H,2,8-9H2,1H3. The molecule has 0 heterocycles. The van der Waals surface area contributed by atoms with Crippen LogP contribution in [0.25, 0.3) is 0 Å². The predicted octanol–water partition coefficient (Wildman–Crippen LogP) is 1.55. The Morgan fingerprint density at radius 1 is 1.31 bits per heavy atom. The van der Waals surface area contributed by atoms with E-state index in [2.05, 4.69) is 24.4 Å². The molecular formula is C11H17NO. The summed E-state index contributed by atoms with van der Waals surface area (Å²) in [7, 11) is 0. The summed E-state index contributed by atoms with van der Waals surface area (Å²) in [5.74, 6) is 0. The normalized spacial score (nSPS) is 12.8. The molecule has 2 N–H and O–H groups in total. The van der Waals surface area contributed by atoms with Gasteiger partial charge in [0.05, 0.1) is 6.61 Å². The lowest BCUT2D eigenvalue weighted by Crippen LogP contribution is -2.31. The highest BCUT2D eigenvalue weighted by molar-refractivity contribution is 5.14. The molecule has 0 aliphatic heterocycles. The maximum Gasteiger partial charge on any atom is 0.0584 e. The number of aliphatic hydroxyl groups excluding tert-OH is 1. The molecule has 2 heteroatoms. The van der Waals surface area contributed by atoms with Crippen molar-refractivity contribution in [3.8, 4) is 0 Å². The quantitative estimate of drug-likeness (QED) is 0.718. The average molecular weight is 179 g/mol. The maximum absolute atomic E-state index is 8.94. The Balaban J connectivity index is 2.34. The molecule has 2 nitrogen and oxygen atoms in total. The molecule has 1 aromatic rings. The van der Waals surface area contributed by atoms with Crippen molar-refractivity contribution in [3.63, 3.8) is 0 Å². The lowest BCUT2D eigenvalue weighted by Gasteiger charge is -2.13. The summed E-state index contributed by atoms with van der Waals surface area (Å²) in [5, 5.41) is 12.2. The summed E-state index contributed by atoms with van der Waals surface area (Å²) in [5.41, 5.74) is 1.26. The second kappa shape index (κ2) is 5.73. The number of nitrogens with one attached hydrogen (secondary N) is 1. The Bertz CT molecular complexity index is 219. The Labute approximate surface area is 79.6 Å². The van der Waals surface area contributed by atoms with Gasteiger partial charge in [0.1, 0.15) is 0 Å². The Hall–Kier alpha value is -0.860.